The Kier molecular flexibility index (Phi) is 5.93. The zero-order valence-electron chi connectivity index (χ0n) is 14.2. The van der Waals surface area contributed by atoms with E-state index in [2.05, 4.69) is 0 Å². The van der Waals surface area contributed by atoms with Gasteiger partial charge in [0.05, 0.1) is 5.92 Å². The second kappa shape index (κ2) is 8.36. The predicted molar refractivity (Wildman–Crippen MR) is 98.4 cm³/mol. The smallest absolute Gasteiger partial charge is 0.306 e. The summed E-state index contributed by atoms with van der Waals surface area (Å²) in [6.07, 6.45) is 0.903. The van der Waals surface area contributed by atoms with Crippen molar-refractivity contribution in [1.29, 1.82) is 0 Å². The van der Waals surface area contributed by atoms with Crippen LogP contribution in [-0.2, 0) is 9.59 Å². The molecule has 0 radical (unpaired) electrons. The summed E-state index contributed by atoms with van der Waals surface area (Å²) in [5, 5.41) is 8.57. The highest BCUT2D eigenvalue weighted by molar-refractivity contribution is 8.00. The van der Waals surface area contributed by atoms with Crippen LogP contribution in [0.4, 0.5) is 4.39 Å². The lowest BCUT2D eigenvalue weighted by Crippen LogP contribution is -2.42. The number of hydrogen-bond donors (Lipinski definition) is 1. The molecule has 1 N–H and O–H groups in total. The number of hydrogen-bond acceptors (Lipinski definition) is 3. The van der Waals surface area contributed by atoms with Gasteiger partial charge in [-0.05, 0) is 30.5 Å². The maximum absolute atomic E-state index is 14.1. The number of nitrogens with zero attached hydrogens (tertiary/aromatic N) is 1. The number of halogens is 1. The summed E-state index contributed by atoms with van der Waals surface area (Å²) in [6, 6.07) is 15.7. The third kappa shape index (κ3) is 4.25. The molecule has 1 aliphatic rings. The first-order chi connectivity index (χ1) is 12.6. The van der Waals surface area contributed by atoms with Crippen molar-refractivity contribution in [3.63, 3.8) is 0 Å². The second-order valence-electron chi connectivity index (χ2n) is 6.28. The van der Waals surface area contributed by atoms with Gasteiger partial charge in [-0.2, -0.15) is 0 Å². The SMILES string of the molecule is O=C(O)C1CCN(C(=O)C(Sc2ccccc2F)c2ccccc2)CC1. The molecule has 0 bridgehead atoms. The number of piperidine rings is 1. The fourth-order valence-corrected chi connectivity index (χ4v) is 4.20. The van der Waals surface area contributed by atoms with Gasteiger partial charge >= 0.3 is 5.97 Å². The number of carbonyl (C=O) groups excluding carboxylic acids is 1. The van der Waals surface area contributed by atoms with Crippen LogP contribution in [-0.4, -0.2) is 35.0 Å². The lowest BCUT2D eigenvalue weighted by Gasteiger charge is -2.33. The minimum atomic E-state index is -0.808. The Balaban J connectivity index is 1.81. The molecule has 1 fully saturated rings. The summed E-state index contributed by atoms with van der Waals surface area (Å²) in [7, 11) is 0. The lowest BCUT2D eigenvalue weighted by atomic mass is 9.96. The lowest BCUT2D eigenvalue weighted by molar-refractivity contribution is -0.145. The summed E-state index contributed by atoms with van der Waals surface area (Å²) < 4.78 is 14.1. The van der Waals surface area contributed by atoms with Crippen LogP contribution in [0.5, 0.6) is 0 Å². The standard InChI is InChI=1S/C20H20FNO3S/c21-16-8-4-5-9-17(16)26-18(14-6-2-1-3-7-14)19(23)22-12-10-15(11-13-22)20(24)25/h1-9,15,18H,10-13H2,(H,24,25). The molecule has 1 saturated heterocycles. The summed E-state index contributed by atoms with van der Waals surface area (Å²) in [5.74, 6) is -1.66. The Morgan fingerprint density at radius 3 is 2.27 bits per heavy atom. The molecule has 1 aliphatic heterocycles. The summed E-state index contributed by atoms with van der Waals surface area (Å²) in [6.45, 7) is 0.827. The Morgan fingerprint density at radius 2 is 1.65 bits per heavy atom. The number of benzene rings is 2. The number of carboxylic acids is 1. The van der Waals surface area contributed by atoms with Gasteiger partial charge in [-0.3, -0.25) is 9.59 Å². The van der Waals surface area contributed by atoms with E-state index in [1.54, 1.807) is 23.1 Å². The van der Waals surface area contributed by atoms with Crippen molar-refractivity contribution in [3.05, 3.63) is 66.0 Å². The van der Waals surface area contributed by atoms with Crippen molar-refractivity contribution in [2.24, 2.45) is 5.92 Å². The molecule has 4 nitrogen and oxygen atoms in total. The van der Waals surface area contributed by atoms with E-state index in [4.69, 9.17) is 5.11 Å². The molecular formula is C20H20FNO3S. The quantitative estimate of drug-likeness (QED) is 0.806. The summed E-state index contributed by atoms with van der Waals surface area (Å²) in [4.78, 5) is 26.4. The first-order valence-electron chi connectivity index (χ1n) is 8.54. The molecule has 26 heavy (non-hydrogen) atoms. The van der Waals surface area contributed by atoms with E-state index in [-0.39, 0.29) is 11.7 Å². The highest BCUT2D eigenvalue weighted by Gasteiger charge is 2.32. The molecule has 1 heterocycles. The van der Waals surface area contributed by atoms with Crippen LogP contribution in [0.15, 0.2) is 59.5 Å². The van der Waals surface area contributed by atoms with Gasteiger partial charge in [0.15, 0.2) is 0 Å². The van der Waals surface area contributed by atoms with Crippen LogP contribution in [0.1, 0.15) is 23.7 Å². The zero-order chi connectivity index (χ0) is 18.5. The molecule has 2 aromatic rings. The van der Waals surface area contributed by atoms with E-state index in [1.165, 1.54) is 17.8 Å². The Hall–Kier alpha value is -2.34. The van der Waals surface area contributed by atoms with E-state index < -0.39 is 17.1 Å². The molecule has 0 aromatic heterocycles. The Bertz CT molecular complexity index is 776. The van der Waals surface area contributed by atoms with E-state index in [0.29, 0.717) is 30.8 Å². The minimum absolute atomic E-state index is 0.103. The monoisotopic (exact) mass is 373 g/mol. The predicted octanol–water partition coefficient (Wildman–Crippen LogP) is 3.98. The Labute approximate surface area is 156 Å². The number of likely N-dealkylation sites (tertiary alicyclic amines) is 1. The fourth-order valence-electron chi connectivity index (χ4n) is 3.07. The van der Waals surface area contributed by atoms with Crippen molar-refractivity contribution in [1.82, 2.24) is 4.90 Å². The van der Waals surface area contributed by atoms with Gasteiger partial charge in [0.2, 0.25) is 5.91 Å². The molecule has 1 atom stereocenters. The summed E-state index contributed by atoms with van der Waals surface area (Å²) >= 11 is 1.19. The highest BCUT2D eigenvalue weighted by atomic mass is 32.2. The third-order valence-electron chi connectivity index (χ3n) is 4.56. The fraction of sp³-hybridized carbons (Fsp3) is 0.300. The molecule has 0 spiro atoms. The van der Waals surface area contributed by atoms with Gasteiger partial charge < -0.3 is 10.0 Å². The Morgan fingerprint density at radius 1 is 1.04 bits per heavy atom. The van der Waals surface area contributed by atoms with E-state index >= 15 is 0 Å². The first kappa shape index (κ1) is 18.5. The number of thioether (sulfide) groups is 1. The molecule has 2 aromatic carbocycles. The van der Waals surface area contributed by atoms with Crippen LogP contribution < -0.4 is 0 Å². The number of amides is 1. The van der Waals surface area contributed by atoms with E-state index in [0.717, 1.165) is 5.56 Å². The van der Waals surface area contributed by atoms with Crippen LogP contribution in [0.2, 0.25) is 0 Å². The third-order valence-corrected chi connectivity index (χ3v) is 5.86. The molecule has 0 saturated carbocycles. The molecular weight excluding hydrogens is 353 g/mol. The van der Waals surface area contributed by atoms with Gasteiger partial charge in [0.1, 0.15) is 11.1 Å². The van der Waals surface area contributed by atoms with Crippen LogP contribution >= 0.6 is 11.8 Å². The van der Waals surface area contributed by atoms with Gasteiger partial charge in [0.25, 0.3) is 0 Å². The van der Waals surface area contributed by atoms with Gasteiger partial charge in [0, 0.05) is 18.0 Å². The topological polar surface area (TPSA) is 57.6 Å². The van der Waals surface area contributed by atoms with E-state index in [9.17, 15) is 14.0 Å². The number of carboxylic acid groups (broad SMARTS) is 1. The number of rotatable bonds is 5. The molecule has 136 valence electrons. The van der Waals surface area contributed by atoms with Gasteiger partial charge in [-0.1, -0.05) is 42.5 Å². The first-order valence-corrected chi connectivity index (χ1v) is 9.42. The van der Waals surface area contributed by atoms with E-state index in [1.807, 2.05) is 30.3 Å². The molecule has 0 aliphatic carbocycles. The maximum atomic E-state index is 14.1. The normalized spacial score (nSPS) is 16.3. The highest BCUT2D eigenvalue weighted by Crippen LogP contribution is 2.38. The minimum Gasteiger partial charge on any atom is -0.481 e. The van der Waals surface area contributed by atoms with Crippen molar-refractivity contribution < 1.29 is 19.1 Å². The van der Waals surface area contributed by atoms with Crippen LogP contribution in [0, 0.1) is 11.7 Å². The molecule has 1 amide bonds. The number of carbonyl (C=O) groups is 2. The molecule has 6 heteroatoms. The molecule has 3 rings (SSSR count). The van der Waals surface area contributed by atoms with Crippen molar-refractivity contribution in [2.75, 3.05) is 13.1 Å². The number of aliphatic carboxylic acids is 1. The average Bonchev–Trinajstić information content (AvgIpc) is 2.67. The average molecular weight is 373 g/mol. The van der Waals surface area contributed by atoms with Gasteiger partial charge in [-0.25, -0.2) is 4.39 Å². The van der Waals surface area contributed by atoms with Crippen molar-refractivity contribution in [2.45, 2.75) is 23.0 Å². The van der Waals surface area contributed by atoms with Crippen molar-refractivity contribution in [3.8, 4) is 0 Å². The zero-order valence-corrected chi connectivity index (χ0v) is 15.0. The molecule has 1 unspecified atom stereocenters. The van der Waals surface area contributed by atoms with Crippen molar-refractivity contribution >= 4 is 23.6 Å². The van der Waals surface area contributed by atoms with Gasteiger partial charge in [-0.15, -0.1) is 11.8 Å². The van der Waals surface area contributed by atoms with Crippen LogP contribution in [0.3, 0.4) is 0 Å². The maximum Gasteiger partial charge on any atom is 0.306 e. The van der Waals surface area contributed by atoms with Crippen LogP contribution in [0.25, 0.3) is 0 Å². The largest absolute Gasteiger partial charge is 0.481 e. The second-order valence-corrected chi connectivity index (χ2v) is 7.42. The summed E-state index contributed by atoms with van der Waals surface area (Å²) in [5.41, 5.74) is 0.811.